The van der Waals surface area contributed by atoms with Gasteiger partial charge in [0.15, 0.2) is 0 Å². The van der Waals surface area contributed by atoms with E-state index in [1.807, 2.05) is 6.92 Å². The van der Waals surface area contributed by atoms with Crippen LogP contribution in [0.1, 0.15) is 54.5 Å². The Bertz CT molecular complexity index is 716. The van der Waals surface area contributed by atoms with Crippen molar-refractivity contribution in [2.75, 3.05) is 26.2 Å². The van der Waals surface area contributed by atoms with Gasteiger partial charge in [0.2, 0.25) is 0 Å². The highest BCUT2D eigenvalue weighted by molar-refractivity contribution is 5.69. The van der Waals surface area contributed by atoms with Crippen molar-refractivity contribution in [3.05, 3.63) is 70.8 Å². The van der Waals surface area contributed by atoms with E-state index >= 15 is 0 Å². The number of aryl methyl sites for hydroxylation is 2. The smallest absolute Gasteiger partial charge is 0.307 e. The quantitative estimate of drug-likeness (QED) is 0.600. The topological polar surface area (TPSA) is 38.8 Å². The van der Waals surface area contributed by atoms with Gasteiger partial charge in [-0.1, -0.05) is 59.7 Å². The third-order valence-electron chi connectivity index (χ3n) is 5.56. The van der Waals surface area contributed by atoms with Crippen LogP contribution in [0.4, 0.5) is 0 Å². The molecule has 1 aliphatic heterocycles. The van der Waals surface area contributed by atoms with Gasteiger partial charge >= 0.3 is 5.97 Å². The molecule has 2 aromatic carbocycles. The predicted octanol–water partition coefficient (Wildman–Crippen LogP) is 4.83. The molecule has 3 rings (SSSR count). The normalized spacial score (nSPS) is 15.6. The Balaban J connectivity index is 1.61. The summed E-state index contributed by atoms with van der Waals surface area (Å²) in [5.74, 6) is -0.107. The monoisotopic (exact) mass is 395 g/mol. The lowest BCUT2D eigenvalue weighted by Gasteiger charge is -2.34. The first-order valence-corrected chi connectivity index (χ1v) is 10.7. The number of carbonyl (C=O) groups excluding carboxylic acids is 1. The lowest BCUT2D eigenvalue weighted by Crippen LogP contribution is -2.38. The van der Waals surface area contributed by atoms with Crippen LogP contribution in [-0.2, 0) is 14.3 Å². The molecule has 0 bridgehead atoms. The summed E-state index contributed by atoms with van der Waals surface area (Å²) in [4.78, 5) is 13.9. The van der Waals surface area contributed by atoms with E-state index in [1.165, 1.54) is 22.3 Å². The Labute approximate surface area is 174 Å². The maximum absolute atomic E-state index is 11.6. The second-order valence-electron chi connectivity index (χ2n) is 7.93. The molecule has 0 N–H and O–H groups in total. The number of nitrogens with zero attached hydrogens (tertiary/aromatic N) is 1. The molecule has 0 amide bonds. The van der Waals surface area contributed by atoms with Crippen molar-refractivity contribution in [3.8, 4) is 0 Å². The molecule has 1 heterocycles. The molecular formula is C25H33NO3. The zero-order chi connectivity index (χ0) is 20.6. The van der Waals surface area contributed by atoms with Crippen LogP contribution in [0.15, 0.2) is 48.5 Å². The molecule has 156 valence electrons. The summed E-state index contributed by atoms with van der Waals surface area (Å²) >= 11 is 0. The molecule has 0 aliphatic carbocycles. The lowest BCUT2D eigenvalue weighted by molar-refractivity contribution is -0.143. The Morgan fingerprint density at radius 1 is 0.966 bits per heavy atom. The van der Waals surface area contributed by atoms with Gasteiger partial charge in [-0.15, -0.1) is 0 Å². The molecule has 1 aliphatic rings. The molecule has 2 aromatic rings. The predicted molar refractivity (Wildman–Crippen MR) is 116 cm³/mol. The van der Waals surface area contributed by atoms with E-state index in [0.29, 0.717) is 13.0 Å². The molecule has 0 unspecified atom stereocenters. The molecule has 0 aromatic heterocycles. The lowest BCUT2D eigenvalue weighted by atomic mass is 9.98. The number of esters is 1. The standard InChI is InChI=1S/C25H33NO3/c1-4-28-24(27)15-18-26-16-13-23(14-17-26)29-25(21-9-5-19(2)6-10-21)22-11-7-20(3)8-12-22/h5-12,23,25H,4,13-18H2,1-3H3. The van der Waals surface area contributed by atoms with Crippen LogP contribution in [-0.4, -0.2) is 43.2 Å². The van der Waals surface area contributed by atoms with Crippen molar-refractivity contribution < 1.29 is 14.3 Å². The summed E-state index contributed by atoms with van der Waals surface area (Å²) in [6.45, 7) is 9.20. The molecule has 29 heavy (non-hydrogen) atoms. The maximum atomic E-state index is 11.6. The van der Waals surface area contributed by atoms with Gasteiger partial charge in [-0.3, -0.25) is 4.79 Å². The number of hydrogen-bond acceptors (Lipinski definition) is 4. The summed E-state index contributed by atoms with van der Waals surface area (Å²) in [6, 6.07) is 17.3. The number of ether oxygens (including phenoxy) is 2. The molecular weight excluding hydrogens is 362 g/mol. The summed E-state index contributed by atoms with van der Waals surface area (Å²) in [5, 5.41) is 0. The van der Waals surface area contributed by atoms with Crippen molar-refractivity contribution in [2.24, 2.45) is 0 Å². The zero-order valence-electron chi connectivity index (χ0n) is 17.9. The van der Waals surface area contributed by atoms with Gasteiger partial charge in [0.1, 0.15) is 6.10 Å². The fourth-order valence-corrected chi connectivity index (χ4v) is 3.78. The average Bonchev–Trinajstić information content (AvgIpc) is 2.73. The van der Waals surface area contributed by atoms with Crippen LogP contribution in [0.5, 0.6) is 0 Å². The molecule has 0 saturated carbocycles. The first kappa shape index (κ1) is 21.5. The van der Waals surface area contributed by atoms with Gasteiger partial charge in [-0.2, -0.15) is 0 Å². The van der Waals surface area contributed by atoms with Gasteiger partial charge in [-0.25, -0.2) is 0 Å². The molecule has 0 atom stereocenters. The Kier molecular flexibility index (Phi) is 7.84. The van der Waals surface area contributed by atoms with Crippen LogP contribution in [0.3, 0.4) is 0 Å². The van der Waals surface area contributed by atoms with E-state index in [4.69, 9.17) is 9.47 Å². The number of piperidine rings is 1. The molecule has 1 saturated heterocycles. The van der Waals surface area contributed by atoms with E-state index < -0.39 is 0 Å². The molecule has 0 spiro atoms. The fraction of sp³-hybridized carbons (Fsp3) is 0.480. The molecule has 4 heteroatoms. The van der Waals surface area contributed by atoms with Gasteiger partial charge in [0.05, 0.1) is 19.1 Å². The van der Waals surface area contributed by atoms with Crippen LogP contribution in [0.2, 0.25) is 0 Å². The summed E-state index contributed by atoms with van der Waals surface area (Å²) in [7, 11) is 0. The Hall–Kier alpha value is -2.17. The van der Waals surface area contributed by atoms with E-state index in [9.17, 15) is 4.79 Å². The number of benzene rings is 2. The average molecular weight is 396 g/mol. The SMILES string of the molecule is CCOC(=O)CCN1CCC(OC(c2ccc(C)cc2)c2ccc(C)cc2)CC1. The zero-order valence-corrected chi connectivity index (χ0v) is 17.9. The number of carbonyl (C=O) groups is 1. The van der Waals surface area contributed by atoms with Crippen LogP contribution >= 0.6 is 0 Å². The highest BCUT2D eigenvalue weighted by Gasteiger charge is 2.25. The molecule has 4 nitrogen and oxygen atoms in total. The first-order valence-electron chi connectivity index (χ1n) is 10.7. The first-order chi connectivity index (χ1) is 14.0. The van der Waals surface area contributed by atoms with E-state index in [1.54, 1.807) is 0 Å². The Morgan fingerprint density at radius 2 is 1.48 bits per heavy atom. The van der Waals surface area contributed by atoms with Crippen molar-refractivity contribution in [1.29, 1.82) is 0 Å². The van der Waals surface area contributed by atoms with Crippen LogP contribution < -0.4 is 0 Å². The largest absolute Gasteiger partial charge is 0.466 e. The minimum Gasteiger partial charge on any atom is -0.466 e. The van der Waals surface area contributed by atoms with Gasteiger partial charge in [0.25, 0.3) is 0 Å². The van der Waals surface area contributed by atoms with Gasteiger partial charge in [-0.05, 0) is 44.7 Å². The summed E-state index contributed by atoms with van der Waals surface area (Å²) in [6.07, 6.45) is 2.61. The third-order valence-corrected chi connectivity index (χ3v) is 5.56. The van der Waals surface area contributed by atoms with Crippen molar-refractivity contribution >= 4 is 5.97 Å². The highest BCUT2D eigenvalue weighted by Crippen LogP contribution is 2.30. The summed E-state index contributed by atoms with van der Waals surface area (Å²) < 4.78 is 11.7. The number of likely N-dealkylation sites (tertiary alicyclic amines) is 1. The number of hydrogen-bond donors (Lipinski definition) is 0. The van der Waals surface area contributed by atoms with E-state index in [0.717, 1.165) is 32.5 Å². The highest BCUT2D eigenvalue weighted by atomic mass is 16.5. The van der Waals surface area contributed by atoms with E-state index in [-0.39, 0.29) is 18.2 Å². The molecule has 0 radical (unpaired) electrons. The minimum absolute atomic E-state index is 0.0488. The van der Waals surface area contributed by atoms with Crippen molar-refractivity contribution in [2.45, 2.75) is 52.2 Å². The van der Waals surface area contributed by atoms with Crippen molar-refractivity contribution in [3.63, 3.8) is 0 Å². The van der Waals surface area contributed by atoms with Crippen molar-refractivity contribution in [1.82, 2.24) is 4.90 Å². The van der Waals surface area contributed by atoms with Gasteiger partial charge in [0, 0.05) is 19.6 Å². The van der Waals surface area contributed by atoms with Gasteiger partial charge < -0.3 is 14.4 Å². The maximum Gasteiger partial charge on any atom is 0.307 e. The third kappa shape index (κ3) is 6.41. The Morgan fingerprint density at radius 3 is 1.97 bits per heavy atom. The minimum atomic E-state index is -0.107. The molecule has 1 fully saturated rings. The number of rotatable bonds is 8. The summed E-state index contributed by atoms with van der Waals surface area (Å²) in [5.41, 5.74) is 4.91. The van der Waals surface area contributed by atoms with E-state index in [2.05, 4.69) is 67.3 Å². The second-order valence-corrected chi connectivity index (χ2v) is 7.93. The van der Waals surface area contributed by atoms with Crippen LogP contribution in [0.25, 0.3) is 0 Å². The second kappa shape index (κ2) is 10.6. The fourth-order valence-electron chi connectivity index (χ4n) is 3.78. The van der Waals surface area contributed by atoms with Crippen LogP contribution in [0, 0.1) is 13.8 Å².